The molecule has 0 saturated heterocycles. The summed E-state index contributed by atoms with van der Waals surface area (Å²) >= 11 is 0. The summed E-state index contributed by atoms with van der Waals surface area (Å²) in [5.41, 5.74) is 9.33. The third-order valence-corrected chi connectivity index (χ3v) is 3.17. The fourth-order valence-electron chi connectivity index (χ4n) is 2.23. The number of benzene rings is 1. The molecule has 17 heavy (non-hydrogen) atoms. The van der Waals surface area contributed by atoms with Crippen molar-refractivity contribution in [2.45, 2.75) is 0 Å². The van der Waals surface area contributed by atoms with E-state index in [4.69, 9.17) is 5.73 Å². The molecule has 2 aromatic heterocycles. The minimum atomic E-state index is 0.693. The van der Waals surface area contributed by atoms with Crippen LogP contribution in [0.2, 0.25) is 0 Å². The monoisotopic (exact) mass is 226 g/mol. The van der Waals surface area contributed by atoms with Gasteiger partial charge >= 0.3 is 0 Å². The molecule has 3 aromatic rings. The van der Waals surface area contributed by atoms with Gasteiger partial charge in [-0.05, 0) is 6.07 Å². The molecule has 0 radical (unpaired) electrons. The molecule has 0 aliphatic carbocycles. The average molecular weight is 226 g/mol. The number of aryl methyl sites for hydroxylation is 2. The third kappa shape index (κ3) is 1.34. The Labute approximate surface area is 99.3 Å². The lowest BCUT2D eigenvalue weighted by molar-refractivity contribution is 0.779. The Morgan fingerprint density at radius 1 is 1.12 bits per heavy atom. The zero-order valence-electron chi connectivity index (χ0n) is 9.88. The maximum absolute atomic E-state index is 6.04. The SMILES string of the molecule is Cn1ncc(-c2cccc3ccn(C)c23)c1N. The molecule has 0 bridgehead atoms. The number of anilines is 1. The highest BCUT2D eigenvalue weighted by atomic mass is 15.3. The van der Waals surface area contributed by atoms with Crippen molar-refractivity contribution in [1.29, 1.82) is 0 Å². The van der Waals surface area contributed by atoms with E-state index in [2.05, 4.69) is 34.1 Å². The average Bonchev–Trinajstić information content (AvgIpc) is 2.86. The van der Waals surface area contributed by atoms with Gasteiger partial charge in [-0.3, -0.25) is 4.68 Å². The molecule has 0 spiro atoms. The lowest BCUT2D eigenvalue weighted by atomic mass is 10.1. The van der Waals surface area contributed by atoms with Crippen molar-refractivity contribution in [3.8, 4) is 11.1 Å². The molecule has 0 aliphatic heterocycles. The van der Waals surface area contributed by atoms with Crippen LogP contribution in [0.15, 0.2) is 36.7 Å². The Balaban J connectivity index is 2.37. The van der Waals surface area contributed by atoms with Crippen LogP contribution >= 0.6 is 0 Å². The molecule has 0 fully saturated rings. The molecule has 3 rings (SSSR count). The fourth-order valence-corrected chi connectivity index (χ4v) is 2.23. The van der Waals surface area contributed by atoms with E-state index in [1.807, 2.05) is 26.4 Å². The van der Waals surface area contributed by atoms with Crippen molar-refractivity contribution in [1.82, 2.24) is 14.3 Å². The first-order valence-electron chi connectivity index (χ1n) is 5.50. The Morgan fingerprint density at radius 2 is 1.94 bits per heavy atom. The van der Waals surface area contributed by atoms with Crippen molar-refractivity contribution in [2.24, 2.45) is 14.1 Å². The summed E-state index contributed by atoms with van der Waals surface area (Å²) in [6.07, 6.45) is 3.87. The second kappa shape index (κ2) is 3.38. The number of hydrogen-bond donors (Lipinski definition) is 1. The van der Waals surface area contributed by atoms with Gasteiger partial charge in [0.2, 0.25) is 0 Å². The highest BCUT2D eigenvalue weighted by Gasteiger charge is 2.12. The lowest BCUT2D eigenvalue weighted by Crippen LogP contribution is -1.98. The standard InChI is InChI=1S/C13H14N4/c1-16-7-6-9-4-3-5-10(12(9)16)11-8-15-17(2)13(11)14/h3-8H,14H2,1-2H3. The molecular weight excluding hydrogens is 212 g/mol. The smallest absolute Gasteiger partial charge is 0.129 e. The lowest BCUT2D eigenvalue weighted by Gasteiger charge is -2.05. The van der Waals surface area contributed by atoms with E-state index in [1.54, 1.807) is 4.68 Å². The third-order valence-electron chi connectivity index (χ3n) is 3.17. The number of para-hydroxylation sites is 1. The van der Waals surface area contributed by atoms with Crippen LogP contribution in [-0.2, 0) is 14.1 Å². The van der Waals surface area contributed by atoms with Gasteiger partial charge in [-0.15, -0.1) is 0 Å². The van der Waals surface area contributed by atoms with Crippen molar-refractivity contribution >= 4 is 16.7 Å². The van der Waals surface area contributed by atoms with E-state index in [0.29, 0.717) is 5.82 Å². The largest absolute Gasteiger partial charge is 0.383 e. The fraction of sp³-hybridized carbons (Fsp3) is 0.154. The van der Waals surface area contributed by atoms with E-state index < -0.39 is 0 Å². The molecule has 2 N–H and O–H groups in total. The molecule has 4 nitrogen and oxygen atoms in total. The number of rotatable bonds is 1. The maximum Gasteiger partial charge on any atom is 0.129 e. The van der Waals surface area contributed by atoms with Gasteiger partial charge < -0.3 is 10.3 Å². The Bertz CT molecular complexity index is 691. The van der Waals surface area contributed by atoms with E-state index in [0.717, 1.165) is 11.1 Å². The van der Waals surface area contributed by atoms with E-state index in [-0.39, 0.29) is 0 Å². The van der Waals surface area contributed by atoms with Gasteiger partial charge in [-0.1, -0.05) is 18.2 Å². The van der Waals surface area contributed by atoms with Gasteiger partial charge in [0.1, 0.15) is 5.82 Å². The number of fused-ring (bicyclic) bond motifs is 1. The second-order valence-electron chi connectivity index (χ2n) is 4.24. The van der Waals surface area contributed by atoms with Crippen molar-refractivity contribution < 1.29 is 0 Å². The van der Waals surface area contributed by atoms with E-state index in [1.165, 1.54) is 10.9 Å². The quantitative estimate of drug-likeness (QED) is 0.691. The van der Waals surface area contributed by atoms with Crippen molar-refractivity contribution in [3.63, 3.8) is 0 Å². The first-order valence-corrected chi connectivity index (χ1v) is 5.50. The summed E-state index contributed by atoms with van der Waals surface area (Å²) in [5.74, 6) is 0.693. The zero-order valence-corrected chi connectivity index (χ0v) is 9.88. The van der Waals surface area contributed by atoms with Gasteiger partial charge in [-0.2, -0.15) is 5.10 Å². The van der Waals surface area contributed by atoms with Crippen LogP contribution in [0, 0.1) is 0 Å². The van der Waals surface area contributed by atoms with Gasteiger partial charge in [-0.25, -0.2) is 0 Å². The van der Waals surface area contributed by atoms with Gasteiger partial charge in [0, 0.05) is 36.8 Å². The number of hydrogen-bond acceptors (Lipinski definition) is 2. The van der Waals surface area contributed by atoms with Crippen LogP contribution in [0.25, 0.3) is 22.0 Å². The molecule has 0 aliphatic rings. The van der Waals surface area contributed by atoms with Crippen LogP contribution in [0.1, 0.15) is 0 Å². The minimum absolute atomic E-state index is 0.693. The highest BCUT2D eigenvalue weighted by molar-refractivity contribution is 5.96. The summed E-state index contributed by atoms with van der Waals surface area (Å²) in [5, 5.41) is 5.41. The van der Waals surface area contributed by atoms with Crippen LogP contribution in [-0.4, -0.2) is 14.3 Å². The summed E-state index contributed by atoms with van der Waals surface area (Å²) in [7, 11) is 3.89. The van der Waals surface area contributed by atoms with E-state index in [9.17, 15) is 0 Å². The Morgan fingerprint density at radius 3 is 2.65 bits per heavy atom. The van der Waals surface area contributed by atoms with Crippen molar-refractivity contribution in [2.75, 3.05) is 5.73 Å². The number of nitrogens with zero attached hydrogens (tertiary/aromatic N) is 3. The van der Waals surface area contributed by atoms with Crippen molar-refractivity contribution in [3.05, 3.63) is 36.7 Å². The molecule has 0 atom stereocenters. The Kier molecular flexibility index (Phi) is 1.98. The molecule has 0 unspecified atom stereocenters. The first-order chi connectivity index (χ1) is 8.18. The topological polar surface area (TPSA) is 48.8 Å². The highest BCUT2D eigenvalue weighted by Crippen LogP contribution is 2.32. The van der Waals surface area contributed by atoms with Gasteiger partial charge in [0.15, 0.2) is 0 Å². The van der Waals surface area contributed by atoms with Crippen LogP contribution in [0.3, 0.4) is 0 Å². The van der Waals surface area contributed by atoms with Crippen LogP contribution in [0.5, 0.6) is 0 Å². The zero-order chi connectivity index (χ0) is 12.0. The second-order valence-corrected chi connectivity index (χ2v) is 4.24. The van der Waals surface area contributed by atoms with Gasteiger partial charge in [0.25, 0.3) is 0 Å². The van der Waals surface area contributed by atoms with Crippen LogP contribution < -0.4 is 5.73 Å². The molecule has 2 heterocycles. The normalized spacial score (nSPS) is 11.2. The molecular formula is C13H14N4. The number of aromatic nitrogens is 3. The Hall–Kier alpha value is -2.23. The van der Waals surface area contributed by atoms with E-state index >= 15 is 0 Å². The predicted molar refractivity (Wildman–Crippen MR) is 69.5 cm³/mol. The summed E-state index contributed by atoms with van der Waals surface area (Å²) < 4.78 is 3.80. The first kappa shape index (κ1) is 9.96. The summed E-state index contributed by atoms with van der Waals surface area (Å²) in [4.78, 5) is 0. The molecule has 86 valence electrons. The number of nitrogens with two attached hydrogens (primary N) is 1. The van der Waals surface area contributed by atoms with Crippen LogP contribution in [0.4, 0.5) is 5.82 Å². The molecule has 0 amide bonds. The predicted octanol–water partition coefficient (Wildman–Crippen LogP) is 2.16. The summed E-state index contributed by atoms with van der Waals surface area (Å²) in [6.45, 7) is 0. The maximum atomic E-state index is 6.04. The summed E-state index contributed by atoms with van der Waals surface area (Å²) in [6, 6.07) is 8.33. The van der Waals surface area contributed by atoms with Gasteiger partial charge in [0.05, 0.1) is 11.7 Å². The number of nitrogen functional groups attached to an aromatic ring is 1. The minimum Gasteiger partial charge on any atom is -0.383 e. The molecule has 0 saturated carbocycles. The molecule has 4 heteroatoms. The molecule has 1 aromatic carbocycles.